The summed E-state index contributed by atoms with van der Waals surface area (Å²) in [5, 5.41) is 1.80. The third-order valence-corrected chi connectivity index (χ3v) is 3.42. The summed E-state index contributed by atoms with van der Waals surface area (Å²) in [7, 11) is 0. The number of aromatic nitrogens is 1. The third-order valence-electron chi connectivity index (χ3n) is 2.07. The van der Waals surface area contributed by atoms with E-state index in [-0.39, 0.29) is 12.4 Å². The zero-order valence-corrected chi connectivity index (χ0v) is 11.5. The van der Waals surface area contributed by atoms with Crippen LogP contribution in [0.2, 0.25) is 0 Å². The minimum absolute atomic E-state index is 0.207. The van der Waals surface area contributed by atoms with Gasteiger partial charge in [0.2, 0.25) is 5.78 Å². The van der Waals surface area contributed by atoms with Gasteiger partial charge in [0.25, 0.3) is 0 Å². The maximum Gasteiger partial charge on any atom is 0.340 e. The Hall–Kier alpha value is -1.53. The summed E-state index contributed by atoms with van der Waals surface area (Å²) in [6, 6.07) is 5.06. The van der Waals surface area contributed by atoms with E-state index in [2.05, 4.69) is 20.9 Å². The van der Waals surface area contributed by atoms with Gasteiger partial charge in [0.15, 0.2) is 6.61 Å². The SMILES string of the molecule is O=C(OCC(=O)c1cccs1)c1cncc(Br)c1. The highest BCUT2D eigenvalue weighted by Crippen LogP contribution is 2.12. The van der Waals surface area contributed by atoms with Crippen LogP contribution in [0.4, 0.5) is 0 Å². The summed E-state index contributed by atoms with van der Waals surface area (Å²) in [6.07, 6.45) is 2.95. The van der Waals surface area contributed by atoms with E-state index in [1.165, 1.54) is 17.5 Å². The molecule has 18 heavy (non-hydrogen) atoms. The Labute approximate surface area is 116 Å². The van der Waals surface area contributed by atoms with Crippen molar-refractivity contribution in [2.75, 3.05) is 6.61 Å². The van der Waals surface area contributed by atoms with Gasteiger partial charge in [-0.2, -0.15) is 0 Å². The molecule has 0 radical (unpaired) electrons. The van der Waals surface area contributed by atoms with Crippen LogP contribution in [0.5, 0.6) is 0 Å². The fourth-order valence-electron chi connectivity index (χ4n) is 1.25. The predicted molar refractivity (Wildman–Crippen MR) is 70.9 cm³/mol. The average molecular weight is 326 g/mol. The highest BCUT2D eigenvalue weighted by atomic mass is 79.9. The monoisotopic (exact) mass is 325 g/mol. The standard InChI is InChI=1S/C12H8BrNO3S/c13-9-4-8(5-14-6-9)12(16)17-7-10(15)11-2-1-3-18-11/h1-6H,7H2. The molecule has 0 N–H and O–H groups in total. The smallest absolute Gasteiger partial charge is 0.340 e. The van der Waals surface area contributed by atoms with Crippen LogP contribution in [-0.2, 0) is 4.74 Å². The number of ketones is 1. The maximum atomic E-state index is 11.6. The molecule has 0 amide bonds. The van der Waals surface area contributed by atoms with Crippen LogP contribution in [0.3, 0.4) is 0 Å². The predicted octanol–water partition coefficient (Wildman–Crippen LogP) is 2.95. The summed E-state index contributed by atoms with van der Waals surface area (Å²) >= 11 is 4.53. The average Bonchev–Trinajstić information content (AvgIpc) is 2.89. The number of ether oxygens (including phenoxy) is 1. The van der Waals surface area contributed by atoms with Gasteiger partial charge < -0.3 is 4.74 Å². The van der Waals surface area contributed by atoms with Crippen LogP contribution in [-0.4, -0.2) is 23.3 Å². The molecule has 0 fully saturated rings. The van der Waals surface area contributed by atoms with Gasteiger partial charge in [-0.15, -0.1) is 11.3 Å². The first kappa shape index (κ1) is 12.9. The summed E-state index contributed by atoms with van der Waals surface area (Å²) in [5.41, 5.74) is 0.309. The summed E-state index contributed by atoms with van der Waals surface area (Å²) in [6.45, 7) is -0.258. The molecule has 4 nitrogen and oxygen atoms in total. The number of rotatable bonds is 4. The molecule has 2 rings (SSSR count). The van der Waals surface area contributed by atoms with Crippen LogP contribution in [0.25, 0.3) is 0 Å². The molecule has 0 aliphatic heterocycles. The lowest BCUT2D eigenvalue weighted by Crippen LogP contribution is -2.13. The molecule has 0 aromatic carbocycles. The van der Waals surface area contributed by atoms with E-state index in [9.17, 15) is 9.59 Å². The Bertz CT molecular complexity index is 568. The molecule has 0 saturated heterocycles. The molecule has 0 saturated carbocycles. The van der Waals surface area contributed by atoms with Gasteiger partial charge in [0.05, 0.1) is 10.4 Å². The third kappa shape index (κ3) is 3.24. The molecule has 92 valence electrons. The number of carbonyl (C=O) groups is 2. The fraction of sp³-hybridized carbons (Fsp3) is 0.0833. The number of thiophene rings is 1. The highest BCUT2D eigenvalue weighted by molar-refractivity contribution is 9.10. The fourth-order valence-corrected chi connectivity index (χ4v) is 2.26. The van der Waals surface area contributed by atoms with Crippen LogP contribution in [0, 0.1) is 0 Å². The van der Waals surface area contributed by atoms with Gasteiger partial charge in [0.1, 0.15) is 0 Å². The van der Waals surface area contributed by atoms with Crippen LogP contribution in [0.15, 0.2) is 40.4 Å². The molecule has 0 spiro atoms. The van der Waals surface area contributed by atoms with E-state index < -0.39 is 5.97 Å². The number of Topliss-reactive ketones (excluding diaryl/α,β-unsaturated/α-hetero) is 1. The van der Waals surface area contributed by atoms with Crippen molar-refractivity contribution in [3.05, 3.63) is 50.9 Å². The first-order valence-electron chi connectivity index (χ1n) is 5.01. The lowest BCUT2D eigenvalue weighted by Gasteiger charge is -2.03. The second-order valence-electron chi connectivity index (χ2n) is 3.37. The van der Waals surface area contributed by atoms with E-state index in [1.807, 2.05) is 0 Å². The molecule has 0 aliphatic carbocycles. The number of hydrogen-bond donors (Lipinski definition) is 0. The molecule has 6 heteroatoms. The minimum Gasteiger partial charge on any atom is -0.454 e. The Morgan fingerprint density at radius 1 is 1.39 bits per heavy atom. The molecule has 0 bridgehead atoms. The van der Waals surface area contributed by atoms with E-state index in [0.717, 1.165) is 0 Å². The first-order chi connectivity index (χ1) is 8.66. The summed E-state index contributed by atoms with van der Waals surface area (Å²) < 4.78 is 5.61. The van der Waals surface area contributed by atoms with Crippen molar-refractivity contribution in [3.63, 3.8) is 0 Å². The van der Waals surface area contributed by atoms with Gasteiger partial charge in [-0.1, -0.05) is 6.07 Å². The van der Waals surface area contributed by atoms with Crippen molar-refractivity contribution in [1.82, 2.24) is 4.98 Å². The largest absolute Gasteiger partial charge is 0.454 e. The van der Waals surface area contributed by atoms with Crippen molar-refractivity contribution in [1.29, 1.82) is 0 Å². The number of esters is 1. The summed E-state index contributed by atoms with van der Waals surface area (Å²) in [5.74, 6) is -0.769. The molecule has 2 aromatic rings. The number of hydrogen-bond acceptors (Lipinski definition) is 5. The molecule has 0 unspecified atom stereocenters. The topological polar surface area (TPSA) is 56.3 Å². The van der Waals surface area contributed by atoms with Crippen molar-refractivity contribution in [2.24, 2.45) is 0 Å². The minimum atomic E-state index is -0.561. The van der Waals surface area contributed by atoms with Crippen molar-refractivity contribution >= 4 is 39.0 Å². The zero-order valence-electron chi connectivity index (χ0n) is 9.13. The molecular weight excluding hydrogens is 318 g/mol. The van der Waals surface area contributed by atoms with Gasteiger partial charge >= 0.3 is 5.97 Å². The molecule has 2 heterocycles. The Morgan fingerprint density at radius 2 is 2.22 bits per heavy atom. The lowest BCUT2D eigenvalue weighted by atomic mass is 10.3. The van der Waals surface area contributed by atoms with Gasteiger partial charge in [0, 0.05) is 16.9 Å². The Morgan fingerprint density at radius 3 is 2.89 bits per heavy atom. The number of halogens is 1. The molecule has 0 aliphatic rings. The number of nitrogens with zero attached hydrogens (tertiary/aromatic N) is 1. The van der Waals surface area contributed by atoms with Gasteiger partial charge in [-0.05, 0) is 33.4 Å². The normalized spacial score (nSPS) is 10.1. The zero-order chi connectivity index (χ0) is 13.0. The molecular formula is C12H8BrNO3S. The van der Waals surface area contributed by atoms with E-state index in [0.29, 0.717) is 14.9 Å². The quantitative estimate of drug-likeness (QED) is 0.640. The van der Waals surface area contributed by atoms with E-state index >= 15 is 0 Å². The Kier molecular flexibility index (Phi) is 4.22. The van der Waals surface area contributed by atoms with Crippen LogP contribution >= 0.6 is 27.3 Å². The van der Waals surface area contributed by atoms with Gasteiger partial charge in [-0.25, -0.2) is 4.79 Å². The van der Waals surface area contributed by atoms with E-state index in [1.54, 1.807) is 29.8 Å². The van der Waals surface area contributed by atoms with Crippen molar-refractivity contribution in [3.8, 4) is 0 Å². The Balaban J connectivity index is 1.95. The van der Waals surface area contributed by atoms with Crippen LogP contribution < -0.4 is 0 Å². The van der Waals surface area contributed by atoms with Crippen LogP contribution in [0.1, 0.15) is 20.0 Å². The molecule has 2 aromatic heterocycles. The van der Waals surface area contributed by atoms with Gasteiger partial charge in [-0.3, -0.25) is 9.78 Å². The summed E-state index contributed by atoms with van der Waals surface area (Å²) in [4.78, 5) is 27.7. The molecule has 0 atom stereocenters. The van der Waals surface area contributed by atoms with Crippen molar-refractivity contribution < 1.29 is 14.3 Å². The lowest BCUT2D eigenvalue weighted by molar-refractivity contribution is 0.0475. The first-order valence-corrected chi connectivity index (χ1v) is 6.68. The highest BCUT2D eigenvalue weighted by Gasteiger charge is 2.12. The second kappa shape index (κ2) is 5.88. The maximum absolute atomic E-state index is 11.6. The van der Waals surface area contributed by atoms with E-state index in [4.69, 9.17) is 4.74 Å². The van der Waals surface area contributed by atoms with Crippen molar-refractivity contribution in [2.45, 2.75) is 0 Å². The number of carbonyl (C=O) groups excluding carboxylic acids is 2. The number of pyridine rings is 1. The second-order valence-corrected chi connectivity index (χ2v) is 5.23.